The Balaban J connectivity index is 2.11. The van der Waals surface area contributed by atoms with Crippen LogP contribution in [-0.2, 0) is 30.4 Å². The number of carbonyl (C=O) groups excluding carboxylic acids is 3. The SMILES string of the molecule is CCC(C)C(NC(=O)C(N)Cc1c[nH]c2ccccc12)C(=O)NC(CC(=O)O)C(=O)NCC(=O)O. The number of nitrogens with one attached hydrogen (secondary N) is 4. The number of carbonyl (C=O) groups is 5. The third-order valence-electron chi connectivity index (χ3n) is 5.67. The molecule has 0 spiro atoms. The van der Waals surface area contributed by atoms with Crippen molar-refractivity contribution in [2.24, 2.45) is 11.7 Å². The second kappa shape index (κ2) is 12.5. The van der Waals surface area contributed by atoms with Gasteiger partial charge >= 0.3 is 11.9 Å². The standard InChI is InChI=1S/C23H31N5O7/c1-3-12(2)20(23(35)27-17(9-18(29)30)22(34)26-11-19(31)32)28-21(33)15(24)8-13-10-25-16-7-5-4-6-14(13)16/h4-7,10,12,15,17,20,25H,3,8-9,11,24H2,1-2H3,(H,26,34)(H,27,35)(H,28,33)(H,29,30)(H,31,32). The Morgan fingerprint density at radius 1 is 1.00 bits per heavy atom. The highest BCUT2D eigenvalue weighted by molar-refractivity contribution is 5.95. The van der Waals surface area contributed by atoms with Gasteiger partial charge in [0.15, 0.2) is 0 Å². The molecule has 35 heavy (non-hydrogen) atoms. The van der Waals surface area contributed by atoms with E-state index in [4.69, 9.17) is 15.9 Å². The fourth-order valence-electron chi connectivity index (χ4n) is 3.52. The average Bonchev–Trinajstić information content (AvgIpc) is 3.22. The molecule has 0 fully saturated rings. The first-order chi connectivity index (χ1) is 16.5. The van der Waals surface area contributed by atoms with Crippen molar-refractivity contribution in [1.82, 2.24) is 20.9 Å². The van der Waals surface area contributed by atoms with Gasteiger partial charge in [-0.15, -0.1) is 0 Å². The molecule has 0 aliphatic rings. The van der Waals surface area contributed by atoms with Crippen molar-refractivity contribution in [2.45, 2.75) is 51.2 Å². The second-order valence-electron chi connectivity index (χ2n) is 8.31. The summed E-state index contributed by atoms with van der Waals surface area (Å²) in [4.78, 5) is 63.0. The smallest absolute Gasteiger partial charge is 0.322 e. The largest absolute Gasteiger partial charge is 0.481 e. The summed E-state index contributed by atoms with van der Waals surface area (Å²) in [5.74, 6) is -5.39. The number of amides is 3. The maximum absolute atomic E-state index is 13.0. The van der Waals surface area contributed by atoms with Crippen LogP contribution in [0.25, 0.3) is 10.9 Å². The molecule has 4 unspecified atom stereocenters. The molecule has 2 aromatic rings. The monoisotopic (exact) mass is 489 g/mol. The Morgan fingerprint density at radius 3 is 2.31 bits per heavy atom. The topological polar surface area (TPSA) is 204 Å². The highest BCUT2D eigenvalue weighted by Crippen LogP contribution is 2.19. The number of hydrogen-bond acceptors (Lipinski definition) is 6. The lowest BCUT2D eigenvalue weighted by molar-refractivity contribution is -0.142. The molecule has 2 rings (SSSR count). The van der Waals surface area contributed by atoms with Crippen LogP contribution in [0.15, 0.2) is 30.5 Å². The summed E-state index contributed by atoms with van der Waals surface area (Å²) >= 11 is 0. The van der Waals surface area contributed by atoms with E-state index in [0.717, 1.165) is 16.5 Å². The van der Waals surface area contributed by atoms with Gasteiger partial charge in [0.25, 0.3) is 0 Å². The third kappa shape index (κ3) is 7.81. The van der Waals surface area contributed by atoms with Crippen LogP contribution in [0, 0.1) is 5.92 Å². The Hall–Kier alpha value is -3.93. The van der Waals surface area contributed by atoms with Crippen LogP contribution in [-0.4, -0.2) is 69.5 Å². The van der Waals surface area contributed by atoms with Crippen LogP contribution in [0.2, 0.25) is 0 Å². The first kappa shape index (κ1) is 27.3. The van der Waals surface area contributed by atoms with E-state index in [1.807, 2.05) is 29.6 Å². The van der Waals surface area contributed by atoms with E-state index in [1.54, 1.807) is 20.0 Å². The molecule has 1 heterocycles. The van der Waals surface area contributed by atoms with Crippen molar-refractivity contribution in [3.8, 4) is 0 Å². The van der Waals surface area contributed by atoms with Crippen LogP contribution >= 0.6 is 0 Å². The highest BCUT2D eigenvalue weighted by atomic mass is 16.4. The highest BCUT2D eigenvalue weighted by Gasteiger charge is 2.32. The van der Waals surface area contributed by atoms with Gasteiger partial charge in [-0.3, -0.25) is 24.0 Å². The molecule has 12 heteroatoms. The van der Waals surface area contributed by atoms with Crippen molar-refractivity contribution >= 4 is 40.6 Å². The summed E-state index contributed by atoms with van der Waals surface area (Å²) in [6.07, 6.45) is 1.70. The van der Waals surface area contributed by atoms with E-state index >= 15 is 0 Å². The van der Waals surface area contributed by atoms with Gasteiger partial charge in [-0.25, -0.2) is 0 Å². The van der Waals surface area contributed by atoms with Gasteiger partial charge in [-0.05, 0) is 24.0 Å². The Labute approximate surface area is 201 Å². The molecule has 1 aromatic heterocycles. The van der Waals surface area contributed by atoms with E-state index in [9.17, 15) is 24.0 Å². The lowest BCUT2D eigenvalue weighted by atomic mass is 9.96. The number of aliphatic carboxylic acids is 2. The molecule has 0 radical (unpaired) electrons. The van der Waals surface area contributed by atoms with Gasteiger partial charge < -0.3 is 36.9 Å². The van der Waals surface area contributed by atoms with E-state index in [0.29, 0.717) is 6.42 Å². The van der Waals surface area contributed by atoms with Crippen LogP contribution in [0.1, 0.15) is 32.3 Å². The molecule has 1 aromatic carbocycles. The molecular formula is C23H31N5O7. The molecule has 0 bridgehead atoms. The molecular weight excluding hydrogens is 458 g/mol. The minimum Gasteiger partial charge on any atom is -0.481 e. The quantitative estimate of drug-likeness (QED) is 0.199. The molecule has 0 saturated carbocycles. The lowest BCUT2D eigenvalue weighted by Crippen LogP contribution is -2.58. The Kier molecular flexibility index (Phi) is 9.76. The molecule has 0 aliphatic carbocycles. The van der Waals surface area contributed by atoms with Gasteiger partial charge in [0.2, 0.25) is 17.7 Å². The van der Waals surface area contributed by atoms with E-state index in [2.05, 4.69) is 15.6 Å². The fraction of sp³-hybridized carbons (Fsp3) is 0.435. The molecule has 190 valence electrons. The Morgan fingerprint density at radius 2 is 1.69 bits per heavy atom. The minimum absolute atomic E-state index is 0.212. The zero-order valence-corrected chi connectivity index (χ0v) is 19.5. The van der Waals surface area contributed by atoms with Crippen LogP contribution in [0.5, 0.6) is 0 Å². The van der Waals surface area contributed by atoms with Gasteiger partial charge in [0.05, 0.1) is 12.5 Å². The molecule has 12 nitrogen and oxygen atoms in total. The first-order valence-electron chi connectivity index (χ1n) is 11.2. The Bertz CT molecular complexity index is 1080. The van der Waals surface area contributed by atoms with Crippen LogP contribution < -0.4 is 21.7 Å². The van der Waals surface area contributed by atoms with E-state index < -0.39 is 60.8 Å². The number of nitrogens with two attached hydrogens (primary N) is 1. The molecule has 0 saturated heterocycles. The maximum Gasteiger partial charge on any atom is 0.322 e. The van der Waals surface area contributed by atoms with Crippen molar-refractivity contribution in [3.63, 3.8) is 0 Å². The van der Waals surface area contributed by atoms with E-state index in [-0.39, 0.29) is 12.3 Å². The van der Waals surface area contributed by atoms with Gasteiger partial charge in [-0.1, -0.05) is 38.5 Å². The predicted molar refractivity (Wildman–Crippen MR) is 126 cm³/mol. The van der Waals surface area contributed by atoms with Crippen molar-refractivity contribution in [1.29, 1.82) is 0 Å². The summed E-state index contributed by atoms with van der Waals surface area (Å²) in [6.45, 7) is 2.78. The normalized spacial score (nSPS) is 14.4. The second-order valence-corrected chi connectivity index (χ2v) is 8.31. The zero-order valence-electron chi connectivity index (χ0n) is 19.5. The number of carboxylic acid groups (broad SMARTS) is 2. The summed E-state index contributed by atoms with van der Waals surface area (Å²) in [5.41, 5.74) is 7.86. The molecule has 8 N–H and O–H groups in total. The van der Waals surface area contributed by atoms with Gasteiger partial charge in [-0.2, -0.15) is 0 Å². The number of aromatic nitrogens is 1. The fourth-order valence-corrected chi connectivity index (χ4v) is 3.52. The number of aromatic amines is 1. The zero-order chi connectivity index (χ0) is 26.1. The lowest BCUT2D eigenvalue weighted by Gasteiger charge is -2.27. The summed E-state index contributed by atoms with van der Waals surface area (Å²) < 4.78 is 0. The maximum atomic E-state index is 13.0. The molecule has 3 amide bonds. The van der Waals surface area contributed by atoms with Crippen molar-refractivity contribution in [2.75, 3.05) is 6.54 Å². The summed E-state index contributed by atoms with van der Waals surface area (Å²) in [7, 11) is 0. The third-order valence-corrected chi connectivity index (χ3v) is 5.67. The molecule has 4 atom stereocenters. The number of benzene rings is 1. The summed E-state index contributed by atoms with van der Waals surface area (Å²) in [6, 6.07) is 3.96. The van der Waals surface area contributed by atoms with Gasteiger partial charge in [0, 0.05) is 17.1 Å². The van der Waals surface area contributed by atoms with Crippen molar-refractivity contribution in [3.05, 3.63) is 36.0 Å². The van der Waals surface area contributed by atoms with Gasteiger partial charge in [0.1, 0.15) is 18.6 Å². The van der Waals surface area contributed by atoms with Crippen LogP contribution in [0.4, 0.5) is 0 Å². The number of para-hydroxylation sites is 1. The number of rotatable bonds is 13. The first-order valence-corrected chi connectivity index (χ1v) is 11.2. The number of H-pyrrole nitrogens is 1. The number of hydrogen-bond donors (Lipinski definition) is 7. The minimum atomic E-state index is -1.53. The predicted octanol–water partition coefficient (Wildman–Crippen LogP) is -0.271. The van der Waals surface area contributed by atoms with Crippen LogP contribution in [0.3, 0.4) is 0 Å². The van der Waals surface area contributed by atoms with E-state index in [1.165, 1.54) is 0 Å². The number of carboxylic acids is 2. The van der Waals surface area contributed by atoms with Crippen molar-refractivity contribution < 1.29 is 34.2 Å². The number of fused-ring (bicyclic) bond motifs is 1. The average molecular weight is 490 g/mol. The summed E-state index contributed by atoms with van der Waals surface area (Å²) in [5, 5.41) is 25.7. The molecule has 0 aliphatic heterocycles.